The van der Waals surface area contributed by atoms with Crippen molar-refractivity contribution >= 4 is 17.8 Å². The number of hydrogen-bond donors (Lipinski definition) is 1. The summed E-state index contributed by atoms with van der Waals surface area (Å²) < 4.78 is 5.17. The second-order valence-electron chi connectivity index (χ2n) is 5.61. The van der Waals surface area contributed by atoms with Gasteiger partial charge in [-0.3, -0.25) is 0 Å². The third-order valence-corrected chi connectivity index (χ3v) is 4.07. The Morgan fingerprint density at radius 3 is 2.71 bits per heavy atom. The number of anilines is 1. The smallest absolute Gasteiger partial charge is 0.321 e. The van der Waals surface area contributed by atoms with Crippen molar-refractivity contribution in [2.45, 2.75) is 63.0 Å². The number of hydrogen-bond acceptors (Lipinski definition) is 5. The molecule has 1 aromatic rings. The third-order valence-electron chi connectivity index (χ3n) is 2.70. The van der Waals surface area contributed by atoms with Crippen LogP contribution >= 0.6 is 11.8 Å². The highest BCUT2D eigenvalue weighted by Gasteiger charge is 2.18. The molecular weight excluding hydrogens is 234 g/mol. The fourth-order valence-corrected chi connectivity index (χ4v) is 3.10. The summed E-state index contributed by atoms with van der Waals surface area (Å²) in [5.74, 6) is 1.66. The van der Waals surface area contributed by atoms with E-state index in [0.29, 0.717) is 6.01 Å². The fourth-order valence-electron chi connectivity index (χ4n) is 1.93. The van der Waals surface area contributed by atoms with Crippen LogP contribution in [0, 0.1) is 0 Å². The van der Waals surface area contributed by atoms with Gasteiger partial charge in [-0.25, -0.2) is 0 Å². The van der Waals surface area contributed by atoms with Crippen LogP contribution in [0.5, 0.6) is 0 Å². The minimum atomic E-state index is -0.0393. The summed E-state index contributed by atoms with van der Waals surface area (Å²) in [5.41, 5.74) is -0.0393. The molecule has 1 aliphatic rings. The van der Waals surface area contributed by atoms with Gasteiger partial charge in [-0.15, -0.1) is 0 Å². The molecule has 0 atom stereocenters. The standard InChI is InChI=1S/C12H21N3OS/c1-12(2,3)14-11-13-10(15-16-11)8-17-9-6-4-5-7-9/h9H,4-8H2,1-3H3,(H,13,14,15). The Bertz CT molecular complexity index is 353. The van der Waals surface area contributed by atoms with Crippen LogP contribution in [0.2, 0.25) is 0 Å². The van der Waals surface area contributed by atoms with Gasteiger partial charge in [0.1, 0.15) is 0 Å². The van der Waals surface area contributed by atoms with E-state index < -0.39 is 0 Å². The summed E-state index contributed by atoms with van der Waals surface area (Å²) in [7, 11) is 0. The first-order valence-corrected chi connectivity index (χ1v) is 7.30. The van der Waals surface area contributed by atoms with E-state index in [2.05, 4.69) is 36.2 Å². The van der Waals surface area contributed by atoms with Crippen molar-refractivity contribution in [1.82, 2.24) is 10.1 Å². The maximum atomic E-state index is 5.17. The lowest BCUT2D eigenvalue weighted by Gasteiger charge is -2.17. The van der Waals surface area contributed by atoms with Gasteiger partial charge < -0.3 is 9.84 Å². The lowest BCUT2D eigenvalue weighted by molar-refractivity contribution is 0.414. The van der Waals surface area contributed by atoms with Crippen molar-refractivity contribution in [3.05, 3.63) is 5.82 Å². The van der Waals surface area contributed by atoms with E-state index in [4.69, 9.17) is 4.52 Å². The lowest BCUT2D eigenvalue weighted by atomic mass is 10.1. The molecule has 0 amide bonds. The van der Waals surface area contributed by atoms with E-state index in [-0.39, 0.29) is 5.54 Å². The molecule has 1 N–H and O–H groups in total. The molecule has 0 unspecified atom stereocenters. The molecule has 1 aromatic heterocycles. The Morgan fingerprint density at radius 2 is 2.06 bits per heavy atom. The quantitative estimate of drug-likeness (QED) is 0.893. The van der Waals surface area contributed by atoms with Gasteiger partial charge in [0.15, 0.2) is 5.82 Å². The topological polar surface area (TPSA) is 51.0 Å². The highest BCUT2D eigenvalue weighted by atomic mass is 32.2. The van der Waals surface area contributed by atoms with Gasteiger partial charge in [0.2, 0.25) is 0 Å². The zero-order valence-corrected chi connectivity index (χ0v) is 11.6. The molecule has 17 heavy (non-hydrogen) atoms. The summed E-state index contributed by atoms with van der Waals surface area (Å²) in [4.78, 5) is 4.35. The van der Waals surface area contributed by atoms with E-state index in [0.717, 1.165) is 16.8 Å². The van der Waals surface area contributed by atoms with Crippen LogP contribution in [0.4, 0.5) is 6.01 Å². The maximum absolute atomic E-state index is 5.17. The van der Waals surface area contributed by atoms with Crippen molar-refractivity contribution in [3.8, 4) is 0 Å². The summed E-state index contributed by atoms with van der Waals surface area (Å²) in [6.07, 6.45) is 5.44. The molecular formula is C12H21N3OS. The number of nitrogens with zero attached hydrogens (tertiary/aromatic N) is 2. The van der Waals surface area contributed by atoms with Crippen LogP contribution in [0.25, 0.3) is 0 Å². The molecule has 96 valence electrons. The van der Waals surface area contributed by atoms with Crippen molar-refractivity contribution in [3.63, 3.8) is 0 Å². The molecule has 0 aromatic carbocycles. The van der Waals surface area contributed by atoms with Gasteiger partial charge >= 0.3 is 6.01 Å². The van der Waals surface area contributed by atoms with E-state index in [9.17, 15) is 0 Å². The maximum Gasteiger partial charge on any atom is 0.321 e. The lowest BCUT2D eigenvalue weighted by Crippen LogP contribution is -2.26. The third kappa shape index (κ3) is 4.22. The van der Waals surface area contributed by atoms with Crippen molar-refractivity contribution < 1.29 is 4.52 Å². The number of rotatable bonds is 4. The highest BCUT2D eigenvalue weighted by Crippen LogP contribution is 2.31. The second kappa shape index (κ2) is 5.29. The van der Waals surface area contributed by atoms with E-state index >= 15 is 0 Å². The monoisotopic (exact) mass is 255 g/mol. The van der Waals surface area contributed by atoms with Crippen LogP contribution in [0.15, 0.2) is 4.52 Å². The first-order valence-electron chi connectivity index (χ1n) is 6.25. The molecule has 4 nitrogen and oxygen atoms in total. The minimum absolute atomic E-state index is 0.0393. The summed E-state index contributed by atoms with van der Waals surface area (Å²) >= 11 is 1.96. The van der Waals surface area contributed by atoms with Gasteiger partial charge in [-0.1, -0.05) is 18.0 Å². The molecule has 1 aliphatic carbocycles. The number of aromatic nitrogens is 2. The van der Waals surface area contributed by atoms with Gasteiger partial charge in [-0.05, 0) is 33.6 Å². The summed E-state index contributed by atoms with van der Waals surface area (Å²) in [5, 5.41) is 7.97. The summed E-state index contributed by atoms with van der Waals surface area (Å²) in [6, 6.07) is 0.527. The SMILES string of the molecule is CC(C)(C)Nc1nc(CSC2CCCC2)no1. The first kappa shape index (κ1) is 12.7. The van der Waals surface area contributed by atoms with Crippen LogP contribution in [-0.4, -0.2) is 20.9 Å². The second-order valence-corrected chi connectivity index (χ2v) is 6.90. The van der Waals surface area contributed by atoms with E-state index in [1.165, 1.54) is 25.7 Å². The molecule has 0 spiro atoms. The van der Waals surface area contributed by atoms with Crippen LogP contribution in [0.3, 0.4) is 0 Å². The Kier molecular flexibility index (Phi) is 3.97. The fraction of sp³-hybridized carbons (Fsp3) is 0.833. The van der Waals surface area contributed by atoms with Crippen LogP contribution in [0.1, 0.15) is 52.3 Å². The van der Waals surface area contributed by atoms with E-state index in [1.54, 1.807) is 0 Å². The largest absolute Gasteiger partial charge is 0.333 e. The number of thioether (sulfide) groups is 1. The average Bonchev–Trinajstić information content (AvgIpc) is 2.82. The molecule has 0 saturated heterocycles. The van der Waals surface area contributed by atoms with Crippen LogP contribution in [-0.2, 0) is 5.75 Å². The van der Waals surface area contributed by atoms with E-state index in [1.807, 2.05) is 11.8 Å². The minimum Gasteiger partial charge on any atom is -0.333 e. The molecule has 0 bridgehead atoms. The first-order chi connectivity index (χ1) is 8.03. The average molecular weight is 255 g/mol. The summed E-state index contributed by atoms with van der Waals surface area (Å²) in [6.45, 7) is 6.22. The molecule has 0 radical (unpaired) electrons. The van der Waals surface area contributed by atoms with Crippen molar-refractivity contribution in [2.24, 2.45) is 0 Å². The highest BCUT2D eigenvalue weighted by molar-refractivity contribution is 7.99. The van der Waals surface area contributed by atoms with Crippen LogP contribution < -0.4 is 5.32 Å². The molecule has 1 fully saturated rings. The molecule has 2 rings (SSSR count). The zero-order valence-electron chi connectivity index (χ0n) is 10.8. The molecule has 5 heteroatoms. The molecule has 0 aliphatic heterocycles. The van der Waals surface area contributed by atoms with Gasteiger partial charge in [-0.2, -0.15) is 16.7 Å². The van der Waals surface area contributed by atoms with Gasteiger partial charge in [0.05, 0.1) is 5.75 Å². The Morgan fingerprint density at radius 1 is 1.35 bits per heavy atom. The molecule has 1 saturated carbocycles. The Labute approximate surface area is 107 Å². The predicted octanol–water partition coefficient (Wildman–Crippen LogP) is 3.46. The number of nitrogens with one attached hydrogen (secondary N) is 1. The Balaban J connectivity index is 1.81. The molecule has 1 heterocycles. The van der Waals surface area contributed by atoms with Crippen molar-refractivity contribution in [2.75, 3.05) is 5.32 Å². The van der Waals surface area contributed by atoms with Gasteiger partial charge in [0.25, 0.3) is 0 Å². The predicted molar refractivity (Wildman–Crippen MR) is 71.2 cm³/mol. The van der Waals surface area contributed by atoms with Crippen molar-refractivity contribution in [1.29, 1.82) is 0 Å². The van der Waals surface area contributed by atoms with Gasteiger partial charge in [0, 0.05) is 10.8 Å². The normalized spacial score (nSPS) is 17.6. The Hall–Kier alpha value is -0.710. The zero-order chi connectivity index (χ0) is 12.3.